The van der Waals surface area contributed by atoms with Gasteiger partial charge in [0.1, 0.15) is 0 Å². The number of nitrogens with zero attached hydrogens (tertiary/aromatic N) is 4. The highest BCUT2D eigenvalue weighted by Crippen LogP contribution is 2.20. The average molecular weight is 339 g/mol. The largest absolute Gasteiger partial charge is 0.342 e. The Kier molecular flexibility index (Phi) is 4.92. The topological polar surface area (TPSA) is 78.4 Å². The molecule has 7 nitrogen and oxygen atoms in total. The number of benzene rings is 1. The molecule has 130 valence electrons. The Morgan fingerprint density at radius 3 is 2.24 bits per heavy atom. The van der Waals surface area contributed by atoms with Crippen LogP contribution in [0, 0.1) is 13.8 Å². The Balaban J connectivity index is 1.68. The number of amides is 2. The number of nitrogens with one attached hydrogen (secondary N) is 1. The van der Waals surface area contributed by atoms with E-state index in [1.807, 2.05) is 36.9 Å². The molecule has 2 aromatic rings. The second kappa shape index (κ2) is 7.29. The number of rotatable bonds is 4. The lowest BCUT2D eigenvalue weighted by Crippen LogP contribution is -2.46. The van der Waals surface area contributed by atoms with Crippen molar-refractivity contribution in [1.82, 2.24) is 14.9 Å². The van der Waals surface area contributed by atoms with E-state index in [4.69, 9.17) is 0 Å². The van der Waals surface area contributed by atoms with Gasteiger partial charge in [-0.1, -0.05) is 18.2 Å². The van der Waals surface area contributed by atoms with Gasteiger partial charge in [-0.3, -0.25) is 9.59 Å². The number of hydrogen-bond donors (Lipinski definition) is 1. The maximum Gasteiger partial charge on any atom is 0.258 e. The Labute approximate surface area is 146 Å². The molecule has 1 fully saturated rings. The Morgan fingerprint density at radius 2 is 1.68 bits per heavy atom. The average Bonchev–Trinajstić information content (AvgIpc) is 2.65. The van der Waals surface area contributed by atoms with Crippen LogP contribution < -0.4 is 10.2 Å². The number of aryl methyl sites for hydroxylation is 2. The number of hydrogen-bond acceptors (Lipinski definition) is 5. The van der Waals surface area contributed by atoms with E-state index in [-0.39, 0.29) is 5.91 Å². The van der Waals surface area contributed by atoms with E-state index in [0.29, 0.717) is 37.7 Å². The predicted octanol–water partition coefficient (Wildman–Crippen LogP) is 1.62. The summed E-state index contributed by atoms with van der Waals surface area (Å²) in [7, 11) is 0. The molecule has 0 atom stereocenters. The lowest BCUT2D eigenvalue weighted by atomic mass is 10.1. The molecule has 2 heterocycles. The lowest BCUT2D eigenvalue weighted by Gasteiger charge is -2.32. The molecule has 0 spiro atoms. The van der Waals surface area contributed by atoms with Gasteiger partial charge in [-0.2, -0.15) is 0 Å². The van der Waals surface area contributed by atoms with Crippen LogP contribution in [0.25, 0.3) is 0 Å². The summed E-state index contributed by atoms with van der Waals surface area (Å²) in [6.45, 7) is 6.60. The van der Waals surface area contributed by atoms with E-state index >= 15 is 0 Å². The smallest absolute Gasteiger partial charge is 0.258 e. The molecule has 0 radical (unpaired) electrons. The number of carbonyl (C=O) groups is 2. The first-order valence-electron chi connectivity index (χ1n) is 8.22. The SMILES string of the molecule is Cc1cccc(C)c1NC(=O)c1cnc(N2CCN(C=O)CC2)nc1. The standard InChI is InChI=1S/C18H21N5O2/c1-13-4-3-5-14(2)16(13)21-17(25)15-10-19-18(20-11-15)23-8-6-22(12-24)7-9-23/h3-5,10-12H,6-9H2,1-2H3,(H,21,25). The molecule has 0 bridgehead atoms. The fourth-order valence-corrected chi connectivity index (χ4v) is 2.83. The number of aromatic nitrogens is 2. The molecular weight excluding hydrogens is 318 g/mol. The molecular formula is C18H21N5O2. The molecule has 2 amide bonds. The van der Waals surface area contributed by atoms with Gasteiger partial charge in [-0.15, -0.1) is 0 Å². The van der Waals surface area contributed by atoms with E-state index in [9.17, 15) is 9.59 Å². The highest BCUT2D eigenvalue weighted by Gasteiger charge is 2.18. The molecule has 1 aliphatic rings. The van der Waals surface area contributed by atoms with Gasteiger partial charge >= 0.3 is 0 Å². The first-order chi connectivity index (χ1) is 12.1. The second-order valence-corrected chi connectivity index (χ2v) is 6.12. The minimum absolute atomic E-state index is 0.227. The number of para-hydroxylation sites is 1. The van der Waals surface area contributed by atoms with Crippen LogP contribution in [0.3, 0.4) is 0 Å². The molecule has 0 aliphatic carbocycles. The van der Waals surface area contributed by atoms with Crippen molar-refractivity contribution in [3.05, 3.63) is 47.3 Å². The lowest BCUT2D eigenvalue weighted by molar-refractivity contribution is -0.118. The summed E-state index contributed by atoms with van der Waals surface area (Å²) >= 11 is 0. The molecule has 3 rings (SSSR count). The molecule has 1 aromatic heterocycles. The van der Waals surface area contributed by atoms with Crippen molar-refractivity contribution in [2.24, 2.45) is 0 Å². The third kappa shape index (κ3) is 3.76. The summed E-state index contributed by atoms with van der Waals surface area (Å²) < 4.78 is 0. The van der Waals surface area contributed by atoms with Crippen molar-refractivity contribution in [3.8, 4) is 0 Å². The van der Waals surface area contributed by atoms with Crippen molar-refractivity contribution in [2.75, 3.05) is 36.4 Å². The van der Waals surface area contributed by atoms with E-state index in [0.717, 1.165) is 23.2 Å². The van der Waals surface area contributed by atoms with Gasteiger partial charge in [-0.05, 0) is 25.0 Å². The van der Waals surface area contributed by atoms with Crippen LogP contribution in [0.4, 0.5) is 11.6 Å². The summed E-state index contributed by atoms with van der Waals surface area (Å²) in [6.07, 6.45) is 3.94. The quantitative estimate of drug-likeness (QED) is 0.857. The fourth-order valence-electron chi connectivity index (χ4n) is 2.83. The molecule has 0 saturated carbocycles. The van der Waals surface area contributed by atoms with Gasteiger partial charge in [0.2, 0.25) is 12.4 Å². The zero-order valence-electron chi connectivity index (χ0n) is 14.4. The highest BCUT2D eigenvalue weighted by atomic mass is 16.1. The van der Waals surface area contributed by atoms with E-state index < -0.39 is 0 Å². The van der Waals surface area contributed by atoms with Crippen LogP contribution in [0.5, 0.6) is 0 Å². The summed E-state index contributed by atoms with van der Waals surface area (Å²) in [5.74, 6) is 0.351. The molecule has 0 unspecified atom stereocenters. The molecule has 1 aromatic carbocycles. The number of anilines is 2. The van der Waals surface area contributed by atoms with Crippen molar-refractivity contribution in [2.45, 2.75) is 13.8 Å². The fraction of sp³-hybridized carbons (Fsp3) is 0.333. The van der Waals surface area contributed by atoms with Gasteiger partial charge in [0, 0.05) is 44.3 Å². The van der Waals surface area contributed by atoms with Gasteiger partial charge in [0.25, 0.3) is 5.91 Å². The molecule has 7 heteroatoms. The van der Waals surface area contributed by atoms with Gasteiger partial charge in [0.05, 0.1) is 5.56 Å². The first kappa shape index (κ1) is 16.9. The van der Waals surface area contributed by atoms with Gasteiger partial charge < -0.3 is 15.1 Å². The van der Waals surface area contributed by atoms with Crippen LogP contribution >= 0.6 is 0 Å². The van der Waals surface area contributed by atoms with Crippen LogP contribution in [0.15, 0.2) is 30.6 Å². The van der Waals surface area contributed by atoms with E-state index in [1.165, 1.54) is 12.4 Å². The van der Waals surface area contributed by atoms with Crippen LogP contribution in [-0.4, -0.2) is 53.4 Å². The minimum atomic E-state index is -0.227. The zero-order valence-corrected chi connectivity index (χ0v) is 14.4. The summed E-state index contributed by atoms with van der Waals surface area (Å²) in [5, 5.41) is 2.93. The van der Waals surface area contributed by atoms with Crippen LogP contribution in [0.1, 0.15) is 21.5 Å². The first-order valence-corrected chi connectivity index (χ1v) is 8.22. The molecule has 1 aliphatic heterocycles. The minimum Gasteiger partial charge on any atom is -0.342 e. The monoisotopic (exact) mass is 339 g/mol. The van der Waals surface area contributed by atoms with Crippen molar-refractivity contribution < 1.29 is 9.59 Å². The number of carbonyl (C=O) groups excluding carboxylic acids is 2. The maximum absolute atomic E-state index is 12.4. The second-order valence-electron chi connectivity index (χ2n) is 6.12. The Morgan fingerprint density at radius 1 is 1.08 bits per heavy atom. The summed E-state index contributed by atoms with van der Waals surface area (Å²) in [6, 6.07) is 5.88. The Hall–Kier alpha value is -2.96. The zero-order chi connectivity index (χ0) is 17.8. The predicted molar refractivity (Wildman–Crippen MR) is 95.8 cm³/mol. The number of piperazine rings is 1. The Bertz CT molecular complexity index is 747. The van der Waals surface area contributed by atoms with Crippen LogP contribution in [-0.2, 0) is 4.79 Å². The van der Waals surface area contributed by atoms with E-state index in [2.05, 4.69) is 15.3 Å². The van der Waals surface area contributed by atoms with Crippen molar-refractivity contribution in [3.63, 3.8) is 0 Å². The van der Waals surface area contributed by atoms with Gasteiger partial charge in [-0.25, -0.2) is 9.97 Å². The van der Waals surface area contributed by atoms with E-state index in [1.54, 1.807) is 4.90 Å². The summed E-state index contributed by atoms with van der Waals surface area (Å²) in [5.41, 5.74) is 3.26. The molecule has 1 saturated heterocycles. The van der Waals surface area contributed by atoms with Crippen LogP contribution in [0.2, 0.25) is 0 Å². The maximum atomic E-state index is 12.4. The highest BCUT2D eigenvalue weighted by molar-refractivity contribution is 6.04. The van der Waals surface area contributed by atoms with Crippen molar-refractivity contribution in [1.29, 1.82) is 0 Å². The normalized spacial score (nSPS) is 14.3. The molecule has 25 heavy (non-hydrogen) atoms. The van der Waals surface area contributed by atoms with Crippen molar-refractivity contribution >= 4 is 24.0 Å². The summed E-state index contributed by atoms with van der Waals surface area (Å²) in [4.78, 5) is 35.5. The van der Waals surface area contributed by atoms with Gasteiger partial charge in [0.15, 0.2) is 0 Å². The molecule has 1 N–H and O–H groups in total. The third-order valence-electron chi connectivity index (χ3n) is 4.37. The third-order valence-corrected chi connectivity index (χ3v) is 4.37.